The highest BCUT2D eigenvalue weighted by Crippen LogP contribution is 2.31. The summed E-state index contributed by atoms with van der Waals surface area (Å²) in [5.41, 5.74) is 6.33. The predicted molar refractivity (Wildman–Crippen MR) is 198 cm³/mol. The quantitative estimate of drug-likeness (QED) is 0.126. The van der Waals surface area contributed by atoms with Crippen LogP contribution in [0.2, 0.25) is 0 Å². The molecule has 5 aromatic rings. The molecular weight excluding hydrogens is 670 g/mol. The van der Waals surface area contributed by atoms with Crippen LogP contribution in [-0.2, 0) is 22.7 Å². The summed E-state index contributed by atoms with van der Waals surface area (Å²) in [6.07, 6.45) is 11.8. The molecule has 6 heterocycles. The Labute approximate surface area is 306 Å². The molecule has 4 amide bonds. The molecule has 2 N–H and O–H groups in total. The number of benzene rings is 2. The zero-order chi connectivity index (χ0) is 36.6. The van der Waals surface area contributed by atoms with Crippen LogP contribution in [-0.4, -0.2) is 77.2 Å². The van der Waals surface area contributed by atoms with Crippen molar-refractivity contribution in [3.8, 4) is 11.8 Å². The van der Waals surface area contributed by atoms with Gasteiger partial charge in [0.1, 0.15) is 11.9 Å². The lowest BCUT2D eigenvalue weighted by molar-refractivity contribution is -0.136. The smallest absolute Gasteiger partial charge is 0.256 e. The Morgan fingerprint density at radius 2 is 1.94 bits per heavy atom. The molecule has 0 bridgehead atoms. The standard InChI is InChI=1S/C40H41N9O4/c1-25-28-15-14-27(38(51)43-35-24-47-23-31(42-36(47)21-41-35)32-13-9-18-46(32)2)20-34(28)49(45-25)19-7-5-3-4-6-10-26-11-8-12-29-30(26)22-48(40(29)53)33-16-17-37(50)44-39(33)52/h8,11-12,14-15,20-21,23-24,32-33H,3-5,7,9,13,16-19,22H2,1-2H3,(H,43,51)(H,44,50,52)/t32-,33?/m1/s1. The fraction of sp³-hybridized carbons (Fsp3) is 0.375. The molecule has 0 aliphatic carbocycles. The number of rotatable bonds is 9. The number of carbonyl (C=O) groups excluding carboxylic acids is 4. The van der Waals surface area contributed by atoms with E-state index >= 15 is 0 Å². The van der Waals surface area contributed by atoms with E-state index in [0.717, 1.165) is 77.7 Å². The van der Waals surface area contributed by atoms with E-state index in [-0.39, 0.29) is 24.1 Å². The van der Waals surface area contributed by atoms with Crippen molar-refractivity contribution < 1.29 is 19.2 Å². The summed E-state index contributed by atoms with van der Waals surface area (Å²) in [5.74, 6) is 5.82. The molecule has 13 heteroatoms. The summed E-state index contributed by atoms with van der Waals surface area (Å²) in [4.78, 5) is 63.6. The van der Waals surface area contributed by atoms with Gasteiger partial charge in [0, 0.05) is 54.2 Å². The van der Waals surface area contributed by atoms with Crippen LogP contribution in [0.1, 0.15) is 101 Å². The van der Waals surface area contributed by atoms with Gasteiger partial charge in [-0.05, 0) is 82.4 Å². The maximum Gasteiger partial charge on any atom is 0.256 e. The molecule has 1 unspecified atom stereocenters. The lowest BCUT2D eigenvalue weighted by Gasteiger charge is -2.29. The van der Waals surface area contributed by atoms with E-state index in [1.54, 1.807) is 23.4 Å². The molecule has 13 nitrogen and oxygen atoms in total. The van der Waals surface area contributed by atoms with Crippen LogP contribution < -0.4 is 10.6 Å². The van der Waals surface area contributed by atoms with E-state index in [1.807, 2.05) is 52.5 Å². The molecule has 53 heavy (non-hydrogen) atoms. The van der Waals surface area contributed by atoms with Crippen molar-refractivity contribution in [2.24, 2.45) is 0 Å². The largest absolute Gasteiger partial charge is 0.322 e. The maximum absolute atomic E-state index is 13.4. The van der Waals surface area contributed by atoms with Crippen LogP contribution in [0.25, 0.3) is 16.6 Å². The van der Waals surface area contributed by atoms with Crippen LogP contribution in [0.3, 0.4) is 0 Å². The van der Waals surface area contributed by atoms with Gasteiger partial charge in [-0.2, -0.15) is 5.10 Å². The molecule has 0 radical (unpaired) electrons. The molecule has 8 rings (SSSR count). The number of aryl methyl sites for hydroxylation is 2. The van der Waals surface area contributed by atoms with E-state index in [2.05, 4.69) is 39.4 Å². The van der Waals surface area contributed by atoms with E-state index in [1.165, 1.54) is 0 Å². The topological polar surface area (TPSA) is 147 Å². The number of likely N-dealkylation sites (tertiary alicyclic amines) is 1. The molecule has 3 aliphatic heterocycles. The lowest BCUT2D eigenvalue weighted by Crippen LogP contribution is -2.52. The van der Waals surface area contributed by atoms with Gasteiger partial charge >= 0.3 is 0 Å². The highest BCUT2D eigenvalue weighted by atomic mass is 16.2. The summed E-state index contributed by atoms with van der Waals surface area (Å²) >= 11 is 0. The number of carbonyl (C=O) groups is 4. The predicted octanol–water partition coefficient (Wildman–Crippen LogP) is 4.78. The minimum absolute atomic E-state index is 0.196. The van der Waals surface area contributed by atoms with Crippen LogP contribution >= 0.6 is 0 Å². The number of fused-ring (bicyclic) bond motifs is 3. The van der Waals surface area contributed by atoms with Crippen molar-refractivity contribution in [1.29, 1.82) is 0 Å². The second-order valence-electron chi connectivity index (χ2n) is 14.2. The SMILES string of the molecule is Cc1nn(CCCCCC#Cc2cccc3c2CN(C2CCC(=O)NC2=O)C3=O)c2cc(C(=O)Nc3cn4cc([C@H]5CCCN5C)nc4cn3)ccc12. The van der Waals surface area contributed by atoms with Gasteiger partial charge in [0.15, 0.2) is 5.65 Å². The first-order valence-corrected chi connectivity index (χ1v) is 18.3. The number of unbranched alkanes of at least 4 members (excludes halogenated alkanes) is 3. The molecular formula is C40H41N9O4. The Morgan fingerprint density at radius 3 is 2.77 bits per heavy atom. The summed E-state index contributed by atoms with van der Waals surface area (Å²) in [5, 5.41) is 11.1. The lowest BCUT2D eigenvalue weighted by atomic mass is 10.0. The van der Waals surface area contributed by atoms with Crippen molar-refractivity contribution >= 4 is 46.0 Å². The third-order valence-electron chi connectivity index (χ3n) is 10.6. The Balaban J connectivity index is 0.859. The Bertz CT molecular complexity index is 2350. The molecule has 2 atom stereocenters. The number of aromatic nitrogens is 5. The number of nitrogens with zero attached hydrogens (tertiary/aromatic N) is 7. The average molecular weight is 712 g/mol. The van der Waals surface area contributed by atoms with Gasteiger partial charge in [-0.15, -0.1) is 0 Å². The molecule has 270 valence electrons. The van der Waals surface area contributed by atoms with Crippen LogP contribution in [0.5, 0.6) is 0 Å². The van der Waals surface area contributed by atoms with Crippen molar-refractivity contribution in [3.05, 3.63) is 88.6 Å². The van der Waals surface area contributed by atoms with E-state index in [4.69, 9.17) is 10.1 Å². The van der Waals surface area contributed by atoms with Gasteiger partial charge in [-0.25, -0.2) is 9.97 Å². The third kappa shape index (κ3) is 6.78. The fourth-order valence-corrected chi connectivity index (χ4v) is 7.78. The molecule has 0 spiro atoms. The van der Waals surface area contributed by atoms with Gasteiger partial charge in [-0.3, -0.25) is 34.1 Å². The number of amides is 4. The first-order valence-electron chi connectivity index (χ1n) is 18.3. The number of anilines is 1. The van der Waals surface area contributed by atoms with Gasteiger partial charge in [0.25, 0.3) is 11.8 Å². The van der Waals surface area contributed by atoms with Gasteiger partial charge < -0.3 is 14.6 Å². The number of imidazole rings is 1. The first-order chi connectivity index (χ1) is 25.7. The van der Waals surface area contributed by atoms with Crippen molar-refractivity contribution in [3.63, 3.8) is 0 Å². The number of piperidine rings is 1. The summed E-state index contributed by atoms with van der Waals surface area (Å²) in [6, 6.07) is 10.8. The van der Waals surface area contributed by atoms with Gasteiger partial charge in [0.05, 0.1) is 35.3 Å². The highest BCUT2D eigenvalue weighted by Gasteiger charge is 2.39. The maximum atomic E-state index is 13.4. The molecule has 3 aromatic heterocycles. The number of imide groups is 1. The summed E-state index contributed by atoms with van der Waals surface area (Å²) < 4.78 is 3.90. The summed E-state index contributed by atoms with van der Waals surface area (Å²) in [7, 11) is 2.12. The van der Waals surface area contributed by atoms with E-state index in [0.29, 0.717) is 48.9 Å². The molecule has 2 fully saturated rings. The minimum Gasteiger partial charge on any atom is -0.322 e. The van der Waals surface area contributed by atoms with Crippen LogP contribution in [0.4, 0.5) is 5.82 Å². The molecule has 2 aromatic carbocycles. The van der Waals surface area contributed by atoms with Crippen LogP contribution in [0, 0.1) is 18.8 Å². The minimum atomic E-state index is -0.647. The van der Waals surface area contributed by atoms with Gasteiger partial charge in [-0.1, -0.05) is 30.4 Å². The highest BCUT2D eigenvalue weighted by molar-refractivity contribution is 6.06. The number of nitrogens with one attached hydrogen (secondary N) is 2. The Morgan fingerprint density at radius 1 is 1.06 bits per heavy atom. The van der Waals surface area contributed by atoms with Crippen molar-refractivity contribution in [2.45, 2.75) is 83.5 Å². The second-order valence-corrected chi connectivity index (χ2v) is 14.2. The van der Waals surface area contributed by atoms with Crippen LogP contribution in [0.15, 0.2) is 55.0 Å². The Hall–Kier alpha value is -5.87. The third-order valence-corrected chi connectivity index (χ3v) is 10.6. The zero-order valence-corrected chi connectivity index (χ0v) is 29.9. The monoisotopic (exact) mass is 711 g/mol. The number of hydrogen-bond donors (Lipinski definition) is 2. The van der Waals surface area contributed by atoms with E-state index in [9.17, 15) is 19.2 Å². The van der Waals surface area contributed by atoms with Gasteiger partial charge in [0.2, 0.25) is 11.8 Å². The molecule has 0 saturated carbocycles. The molecule has 3 aliphatic rings. The van der Waals surface area contributed by atoms with Crippen molar-refractivity contribution in [2.75, 3.05) is 18.9 Å². The normalized spacial score (nSPS) is 18.8. The fourth-order valence-electron chi connectivity index (χ4n) is 7.78. The number of hydrogen-bond acceptors (Lipinski definition) is 8. The Kier molecular flexibility index (Phi) is 9.22. The van der Waals surface area contributed by atoms with E-state index < -0.39 is 11.9 Å². The summed E-state index contributed by atoms with van der Waals surface area (Å²) in [6.45, 7) is 4.07. The molecule has 2 saturated heterocycles. The average Bonchev–Trinajstić information content (AvgIpc) is 3.92. The second kappa shape index (κ2) is 14.3. The zero-order valence-electron chi connectivity index (χ0n) is 29.9. The van der Waals surface area contributed by atoms with Crippen molar-refractivity contribution in [1.82, 2.24) is 39.3 Å². The first kappa shape index (κ1) is 34.2.